The predicted molar refractivity (Wildman–Crippen MR) is 87.8 cm³/mol. The molecule has 0 radical (unpaired) electrons. The summed E-state index contributed by atoms with van der Waals surface area (Å²) < 4.78 is 0.965. The van der Waals surface area contributed by atoms with Crippen LogP contribution in [0.5, 0.6) is 0 Å². The monoisotopic (exact) mass is 297 g/mol. The minimum atomic E-state index is -1.05. The largest absolute Gasteiger partial charge is 0.545 e. The minimum Gasteiger partial charge on any atom is -0.545 e. The molecule has 124 valence electrons. The second-order valence-electron chi connectivity index (χ2n) is 6.82. The first-order valence-corrected chi connectivity index (χ1v) is 8.59. The van der Waals surface area contributed by atoms with Gasteiger partial charge in [-0.2, -0.15) is 0 Å². The quantitative estimate of drug-likeness (QED) is 0.297. The highest BCUT2D eigenvalue weighted by Gasteiger charge is 2.12. The van der Waals surface area contributed by atoms with Crippen LogP contribution in [-0.2, 0) is 4.79 Å². The molecule has 0 unspecified atom stereocenters. The molecule has 0 aliphatic rings. The SMILES string of the molecule is CCCCCCCCCC[N+](C)(C)CCC=C(C)C(=O)[O-]. The molecule has 0 spiro atoms. The fraction of sp³-hybridized carbons (Fsp3) is 0.833. The van der Waals surface area contributed by atoms with Gasteiger partial charge in [-0.3, -0.25) is 0 Å². The van der Waals surface area contributed by atoms with Crippen molar-refractivity contribution in [1.29, 1.82) is 0 Å². The number of aliphatic carboxylic acids is 1. The fourth-order valence-electron chi connectivity index (χ4n) is 2.50. The Balaban J connectivity index is 3.64. The van der Waals surface area contributed by atoms with Gasteiger partial charge < -0.3 is 14.4 Å². The number of nitrogens with zero attached hydrogens (tertiary/aromatic N) is 1. The molecule has 0 aromatic heterocycles. The zero-order valence-corrected chi connectivity index (χ0v) is 14.6. The Hall–Kier alpha value is -0.830. The second-order valence-corrected chi connectivity index (χ2v) is 6.82. The molecule has 0 atom stereocenters. The summed E-state index contributed by atoms with van der Waals surface area (Å²) in [6.45, 7) is 6.02. The van der Waals surface area contributed by atoms with Crippen LogP contribution < -0.4 is 5.11 Å². The molecular formula is C18H35NO2. The van der Waals surface area contributed by atoms with Crippen LogP contribution in [0.4, 0.5) is 0 Å². The summed E-state index contributed by atoms with van der Waals surface area (Å²) in [6.07, 6.45) is 13.4. The van der Waals surface area contributed by atoms with Crippen molar-refractivity contribution in [3.05, 3.63) is 11.6 Å². The van der Waals surface area contributed by atoms with Crippen LogP contribution in [-0.4, -0.2) is 37.6 Å². The summed E-state index contributed by atoms with van der Waals surface area (Å²) in [7, 11) is 4.45. The topological polar surface area (TPSA) is 40.1 Å². The minimum absolute atomic E-state index is 0.349. The lowest BCUT2D eigenvalue weighted by Gasteiger charge is -2.29. The number of carbonyl (C=O) groups is 1. The number of carbonyl (C=O) groups excluding carboxylic acids is 1. The third-order valence-electron chi connectivity index (χ3n) is 4.12. The van der Waals surface area contributed by atoms with Crippen LogP contribution >= 0.6 is 0 Å². The van der Waals surface area contributed by atoms with E-state index in [1.54, 1.807) is 13.0 Å². The molecule has 0 N–H and O–H groups in total. The Morgan fingerprint density at radius 1 is 0.952 bits per heavy atom. The van der Waals surface area contributed by atoms with E-state index in [4.69, 9.17) is 0 Å². The first-order chi connectivity index (χ1) is 9.89. The maximum absolute atomic E-state index is 10.6. The van der Waals surface area contributed by atoms with Crippen molar-refractivity contribution in [2.24, 2.45) is 0 Å². The van der Waals surface area contributed by atoms with Crippen LogP contribution in [0.2, 0.25) is 0 Å². The van der Waals surface area contributed by atoms with Crippen LogP contribution in [0.1, 0.15) is 71.6 Å². The van der Waals surface area contributed by atoms with Crippen molar-refractivity contribution in [3.63, 3.8) is 0 Å². The zero-order valence-electron chi connectivity index (χ0n) is 14.6. The number of carboxylic acids is 1. The maximum Gasteiger partial charge on any atom is 0.0817 e. The smallest absolute Gasteiger partial charge is 0.0817 e. The second kappa shape index (κ2) is 11.8. The number of hydrogen-bond acceptors (Lipinski definition) is 2. The van der Waals surface area contributed by atoms with Crippen molar-refractivity contribution >= 4 is 5.97 Å². The summed E-state index contributed by atoms with van der Waals surface area (Å²) >= 11 is 0. The molecule has 0 fully saturated rings. The molecule has 0 aromatic rings. The molecule has 0 rings (SSSR count). The number of quaternary nitrogens is 1. The first kappa shape index (κ1) is 20.2. The van der Waals surface area contributed by atoms with Gasteiger partial charge >= 0.3 is 0 Å². The highest BCUT2D eigenvalue weighted by molar-refractivity contribution is 5.83. The molecule has 0 aliphatic carbocycles. The van der Waals surface area contributed by atoms with Crippen LogP contribution in [0.25, 0.3) is 0 Å². The predicted octanol–water partition coefficient (Wildman–Crippen LogP) is 3.29. The summed E-state index contributed by atoms with van der Waals surface area (Å²) in [5.41, 5.74) is 0.349. The molecule has 3 heteroatoms. The van der Waals surface area contributed by atoms with Crippen LogP contribution in [0, 0.1) is 0 Å². The molecule has 21 heavy (non-hydrogen) atoms. The molecular weight excluding hydrogens is 262 g/mol. The van der Waals surface area contributed by atoms with Gasteiger partial charge in [0.2, 0.25) is 0 Å². The highest BCUT2D eigenvalue weighted by atomic mass is 16.4. The molecule has 0 aliphatic heterocycles. The van der Waals surface area contributed by atoms with Gasteiger partial charge in [-0.1, -0.05) is 51.5 Å². The number of rotatable bonds is 13. The van der Waals surface area contributed by atoms with Crippen molar-refractivity contribution in [2.45, 2.75) is 71.6 Å². The van der Waals surface area contributed by atoms with Gasteiger partial charge in [-0.05, 0) is 25.3 Å². The lowest BCUT2D eigenvalue weighted by Crippen LogP contribution is -2.41. The highest BCUT2D eigenvalue weighted by Crippen LogP contribution is 2.11. The van der Waals surface area contributed by atoms with Crippen molar-refractivity contribution < 1.29 is 14.4 Å². The van der Waals surface area contributed by atoms with E-state index in [0.717, 1.165) is 17.4 Å². The molecule has 0 saturated heterocycles. The van der Waals surface area contributed by atoms with E-state index < -0.39 is 5.97 Å². The lowest BCUT2D eigenvalue weighted by molar-refractivity contribution is -0.890. The van der Waals surface area contributed by atoms with E-state index >= 15 is 0 Å². The van der Waals surface area contributed by atoms with Gasteiger partial charge in [0.1, 0.15) is 0 Å². The summed E-state index contributed by atoms with van der Waals surface area (Å²) in [6, 6.07) is 0. The first-order valence-electron chi connectivity index (χ1n) is 8.59. The summed E-state index contributed by atoms with van der Waals surface area (Å²) in [4.78, 5) is 10.6. The summed E-state index contributed by atoms with van der Waals surface area (Å²) in [5, 5.41) is 10.6. The molecule has 0 bridgehead atoms. The molecule has 0 aromatic carbocycles. The molecule has 0 heterocycles. The fourth-order valence-corrected chi connectivity index (χ4v) is 2.50. The molecule has 0 amide bonds. The maximum atomic E-state index is 10.6. The third-order valence-corrected chi connectivity index (χ3v) is 4.12. The van der Waals surface area contributed by atoms with E-state index in [9.17, 15) is 9.90 Å². The average Bonchev–Trinajstić information content (AvgIpc) is 2.41. The van der Waals surface area contributed by atoms with Crippen LogP contribution in [0.3, 0.4) is 0 Å². The zero-order chi connectivity index (χ0) is 16.1. The molecule has 0 saturated carbocycles. The van der Waals surface area contributed by atoms with E-state index in [1.807, 2.05) is 0 Å². The Kier molecular flexibility index (Phi) is 11.3. The van der Waals surface area contributed by atoms with E-state index in [2.05, 4.69) is 21.0 Å². The Morgan fingerprint density at radius 3 is 2.00 bits per heavy atom. The normalized spacial score (nSPS) is 12.7. The Bertz CT molecular complexity index is 308. The number of carboxylic acid groups (broad SMARTS) is 1. The standard InChI is InChI=1S/C18H35NO2/c1-5-6-7-8-9-10-11-12-15-19(3,4)16-13-14-17(2)18(20)21/h14H,5-13,15-16H2,1-4H3. The Morgan fingerprint density at radius 2 is 1.48 bits per heavy atom. The lowest BCUT2D eigenvalue weighted by atomic mass is 10.1. The molecule has 3 nitrogen and oxygen atoms in total. The van der Waals surface area contributed by atoms with Crippen molar-refractivity contribution in [3.8, 4) is 0 Å². The van der Waals surface area contributed by atoms with Gasteiger partial charge in [0.15, 0.2) is 0 Å². The average molecular weight is 297 g/mol. The Labute approximate surface area is 131 Å². The van der Waals surface area contributed by atoms with Crippen LogP contribution in [0.15, 0.2) is 11.6 Å². The van der Waals surface area contributed by atoms with Gasteiger partial charge in [0, 0.05) is 6.42 Å². The van der Waals surface area contributed by atoms with Gasteiger partial charge in [-0.15, -0.1) is 0 Å². The van der Waals surface area contributed by atoms with Gasteiger partial charge in [0.25, 0.3) is 0 Å². The summed E-state index contributed by atoms with van der Waals surface area (Å²) in [5.74, 6) is -1.05. The van der Waals surface area contributed by atoms with Gasteiger partial charge in [-0.25, -0.2) is 0 Å². The van der Waals surface area contributed by atoms with E-state index in [1.165, 1.54) is 57.9 Å². The van der Waals surface area contributed by atoms with Gasteiger partial charge in [0.05, 0.1) is 33.2 Å². The third kappa shape index (κ3) is 12.6. The van der Waals surface area contributed by atoms with Crippen molar-refractivity contribution in [2.75, 3.05) is 27.2 Å². The van der Waals surface area contributed by atoms with Crippen molar-refractivity contribution in [1.82, 2.24) is 0 Å². The number of unbranched alkanes of at least 4 members (excludes halogenated alkanes) is 7. The number of hydrogen-bond donors (Lipinski definition) is 0. The van der Waals surface area contributed by atoms with E-state index in [-0.39, 0.29) is 0 Å². The van der Waals surface area contributed by atoms with E-state index in [0.29, 0.717) is 5.57 Å².